The third-order valence-electron chi connectivity index (χ3n) is 3.61. The Balaban J connectivity index is 1.83. The van der Waals surface area contributed by atoms with Crippen molar-refractivity contribution in [2.75, 3.05) is 38.1 Å². The van der Waals surface area contributed by atoms with Crippen molar-refractivity contribution < 1.29 is 14.3 Å². The second kappa shape index (κ2) is 8.41. The molecule has 1 aliphatic heterocycles. The van der Waals surface area contributed by atoms with Crippen molar-refractivity contribution in [3.63, 3.8) is 0 Å². The minimum atomic E-state index is -0.288. The monoisotopic (exact) mass is 319 g/mol. The van der Waals surface area contributed by atoms with E-state index in [9.17, 15) is 9.59 Å². The van der Waals surface area contributed by atoms with E-state index in [0.717, 1.165) is 12.1 Å². The molecule has 0 radical (unpaired) electrons. The number of carbonyl (C=O) groups excluding carboxylic acids is 2. The number of carbonyl (C=O) groups is 2. The van der Waals surface area contributed by atoms with Gasteiger partial charge >= 0.3 is 12.1 Å². The Bertz CT molecular complexity index is 519. The van der Waals surface area contributed by atoms with Gasteiger partial charge in [-0.25, -0.2) is 9.59 Å². The summed E-state index contributed by atoms with van der Waals surface area (Å²) >= 11 is 0. The largest absolute Gasteiger partial charge is 0.449 e. The van der Waals surface area contributed by atoms with Gasteiger partial charge < -0.3 is 19.9 Å². The lowest BCUT2D eigenvalue weighted by atomic mass is 10.2. The van der Waals surface area contributed by atoms with E-state index in [1.54, 1.807) is 9.80 Å². The molecular weight excluding hydrogens is 294 g/mol. The first-order valence-electron chi connectivity index (χ1n) is 8.09. The summed E-state index contributed by atoms with van der Waals surface area (Å²) in [5.74, 6) is 0.319. The smallest absolute Gasteiger partial charge is 0.409 e. The predicted molar refractivity (Wildman–Crippen MR) is 89.4 cm³/mol. The first kappa shape index (κ1) is 17.1. The van der Waals surface area contributed by atoms with Gasteiger partial charge in [-0.3, -0.25) is 0 Å². The van der Waals surface area contributed by atoms with Crippen molar-refractivity contribution >= 4 is 17.8 Å². The number of anilines is 1. The average molecular weight is 319 g/mol. The zero-order valence-electron chi connectivity index (χ0n) is 13.8. The summed E-state index contributed by atoms with van der Waals surface area (Å²) in [5, 5.41) is 2.88. The van der Waals surface area contributed by atoms with Crippen LogP contribution in [0.3, 0.4) is 0 Å². The van der Waals surface area contributed by atoms with Crippen molar-refractivity contribution in [2.45, 2.75) is 20.3 Å². The van der Waals surface area contributed by atoms with Crippen molar-refractivity contribution in [3.8, 4) is 0 Å². The first-order valence-corrected chi connectivity index (χ1v) is 8.09. The second-order valence-corrected chi connectivity index (χ2v) is 6.09. The van der Waals surface area contributed by atoms with Gasteiger partial charge in [-0.05, 0) is 24.5 Å². The molecule has 0 saturated carbocycles. The maximum atomic E-state index is 12.3. The number of nitrogens with zero attached hydrogens (tertiary/aromatic N) is 2. The summed E-state index contributed by atoms with van der Waals surface area (Å²) in [7, 11) is 0. The predicted octanol–water partition coefficient (Wildman–Crippen LogP) is 3.02. The fraction of sp³-hybridized carbons (Fsp3) is 0.529. The molecule has 6 nitrogen and oxygen atoms in total. The molecule has 0 atom stereocenters. The van der Waals surface area contributed by atoms with Gasteiger partial charge in [-0.1, -0.05) is 32.0 Å². The maximum Gasteiger partial charge on any atom is 0.409 e. The fourth-order valence-electron chi connectivity index (χ4n) is 2.36. The van der Waals surface area contributed by atoms with Crippen LogP contribution in [0.25, 0.3) is 0 Å². The highest BCUT2D eigenvalue weighted by Crippen LogP contribution is 2.10. The number of rotatable bonds is 3. The van der Waals surface area contributed by atoms with Crippen molar-refractivity contribution in [3.05, 3.63) is 30.3 Å². The first-order chi connectivity index (χ1) is 11.1. The quantitative estimate of drug-likeness (QED) is 0.931. The summed E-state index contributed by atoms with van der Waals surface area (Å²) < 4.78 is 5.26. The summed E-state index contributed by atoms with van der Waals surface area (Å²) in [4.78, 5) is 27.7. The molecule has 1 aliphatic rings. The van der Waals surface area contributed by atoms with Crippen LogP contribution in [0.2, 0.25) is 0 Å². The third kappa shape index (κ3) is 5.47. The molecule has 2 rings (SSSR count). The highest BCUT2D eigenvalue weighted by Gasteiger charge is 2.23. The van der Waals surface area contributed by atoms with Crippen molar-refractivity contribution in [2.24, 2.45) is 5.92 Å². The lowest BCUT2D eigenvalue weighted by molar-refractivity contribution is 0.0934. The SMILES string of the molecule is CC(C)COC(=O)N1CCCN(C(=O)Nc2ccccc2)CC1. The number of hydrogen-bond acceptors (Lipinski definition) is 3. The molecule has 1 heterocycles. The Morgan fingerprint density at radius 2 is 1.74 bits per heavy atom. The molecule has 1 aromatic carbocycles. The second-order valence-electron chi connectivity index (χ2n) is 6.09. The van der Waals surface area contributed by atoms with E-state index in [1.165, 1.54) is 0 Å². The lowest BCUT2D eigenvalue weighted by Crippen LogP contribution is -2.39. The van der Waals surface area contributed by atoms with Crippen LogP contribution in [0, 0.1) is 5.92 Å². The number of benzene rings is 1. The van der Waals surface area contributed by atoms with Crippen LogP contribution < -0.4 is 5.32 Å². The topological polar surface area (TPSA) is 61.9 Å². The molecule has 0 bridgehead atoms. The summed E-state index contributed by atoms with van der Waals surface area (Å²) in [6.07, 6.45) is 0.461. The number of ether oxygens (including phenoxy) is 1. The maximum absolute atomic E-state index is 12.3. The molecule has 0 spiro atoms. The number of amides is 3. The summed E-state index contributed by atoms with van der Waals surface area (Å²) in [6.45, 7) is 6.69. The average Bonchev–Trinajstić information content (AvgIpc) is 2.79. The number of hydrogen-bond donors (Lipinski definition) is 1. The molecule has 3 amide bonds. The van der Waals surface area contributed by atoms with Gasteiger partial charge in [0.2, 0.25) is 0 Å². The van der Waals surface area contributed by atoms with E-state index in [1.807, 2.05) is 44.2 Å². The Kier molecular flexibility index (Phi) is 6.26. The Hall–Kier alpha value is -2.24. The highest BCUT2D eigenvalue weighted by atomic mass is 16.6. The van der Waals surface area contributed by atoms with E-state index < -0.39 is 0 Å². The molecule has 6 heteroatoms. The minimum absolute atomic E-state index is 0.131. The van der Waals surface area contributed by atoms with Crippen LogP contribution in [0.15, 0.2) is 30.3 Å². The molecule has 126 valence electrons. The summed E-state index contributed by atoms with van der Waals surface area (Å²) in [6, 6.07) is 9.24. The van der Waals surface area contributed by atoms with E-state index in [-0.39, 0.29) is 12.1 Å². The van der Waals surface area contributed by atoms with Gasteiger partial charge in [0.05, 0.1) is 6.61 Å². The molecular formula is C17H25N3O3. The number of para-hydroxylation sites is 1. The van der Waals surface area contributed by atoms with E-state index >= 15 is 0 Å². The van der Waals surface area contributed by atoms with Crippen LogP contribution in [0.4, 0.5) is 15.3 Å². The lowest BCUT2D eigenvalue weighted by Gasteiger charge is -2.22. The molecule has 23 heavy (non-hydrogen) atoms. The van der Waals surface area contributed by atoms with Crippen LogP contribution >= 0.6 is 0 Å². The molecule has 1 N–H and O–H groups in total. The van der Waals surface area contributed by atoms with E-state index in [2.05, 4.69) is 5.32 Å². The van der Waals surface area contributed by atoms with Gasteiger partial charge in [0.15, 0.2) is 0 Å². The van der Waals surface area contributed by atoms with Crippen molar-refractivity contribution in [1.82, 2.24) is 9.80 Å². The minimum Gasteiger partial charge on any atom is -0.449 e. The Labute approximate surface area is 137 Å². The van der Waals surface area contributed by atoms with Crippen LogP contribution in [-0.2, 0) is 4.74 Å². The Morgan fingerprint density at radius 3 is 2.43 bits per heavy atom. The van der Waals surface area contributed by atoms with Gasteiger partial charge in [-0.2, -0.15) is 0 Å². The molecule has 0 unspecified atom stereocenters. The van der Waals surface area contributed by atoms with Gasteiger partial charge in [0.1, 0.15) is 0 Å². The fourth-order valence-corrected chi connectivity index (χ4v) is 2.36. The molecule has 1 aromatic rings. The number of nitrogens with one attached hydrogen (secondary N) is 1. The highest BCUT2D eigenvalue weighted by molar-refractivity contribution is 5.89. The molecule has 1 saturated heterocycles. The van der Waals surface area contributed by atoms with Crippen molar-refractivity contribution in [1.29, 1.82) is 0 Å². The Morgan fingerprint density at radius 1 is 1.09 bits per heavy atom. The van der Waals surface area contributed by atoms with E-state index in [4.69, 9.17) is 4.74 Å². The van der Waals surface area contributed by atoms with Crippen LogP contribution in [0.5, 0.6) is 0 Å². The molecule has 0 aromatic heterocycles. The molecule has 1 fully saturated rings. The van der Waals surface area contributed by atoms with Gasteiger partial charge in [0.25, 0.3) is 0 Å². The zero-order chi connectivity index (χ0) is 16.7. The van der Waals surface area contributed by atoms with E-state index in [0.29, 0.717) is 38.7 Å². The standard InChI is InChI=1S/C17H25N3O3/c1-14(2)13-23-17(22)20-10-6-9-19(11-12-20)16(21)18-15-7-4-3-5-8-15/h3-5,7-8,14H,6,9-13H2,1-2H3,(H,18,21). The van der Waals surface area contributed by atoms with Gasteiger partial charge in [0, 0.05) is 31.9 Å². The zero-order valence-corrected chi connectivity index (χ0v) is 13.8. The van der Waals surface area contributed by atoms with Crippen LogP contribution in [-0.4, -0.2) is 54.7 Å². The summed E-state index contributed by atoms with van der Waals surface area (Å²) in [5.41, 5.74) is 0.773. The molecule has 0 aliphatic carbocycles. The number of urea groups is 1. The van der Waals surface area contributed by atoms with Crippen LogP contribution in [0.1, 0.15) is 20.3 Å². The van der Waals surface area contributed by atoms with Gasteiger partial charge in [-0.15, -0.1) is 0 Å². The normalized spacial score (nSPS) is 15.3. The third-order valence-corrected chi connectivity index (χ3v) is 3.61.